The third kappa shape index (κ3) is 3.37. The first kappa shape index (κ1) is 19.2. The molecule has 1 saturated heterocycles. The molecule has 1 aliphatic rings. The number of pyridine rings is 1. The molecule has 10 heteroatoms. The van der Waals surface area contributed by atoms with Gasteiger partial charge in [0.15, 0.2) is 5.82 Å². The van der Waals surface area contributed by atoms with E-state index >= 15 is 4.39 Å². The average molecular weight is 386 g/mol. The highest BCUT2D eigenvalue weighted by molar-refractivity contribution is 5.93. The Kier molecular flexibility index (Phi) is 4.87. The van der Waals surface area contributed by atoms with Crippen LogP contribution in [0.4, 0.5) is 18.9 Å². The lowest BCUT2D eigenvalue weighted by Crippen LogP contribution is -2.55. The van der Waals surface area contributed by atoms with E-state index in [1.807, 2.05) is 0 Å². The molecule has 0 bridgehead atoms. The van der Waals surface area contributed by atoms with Crippen LogP contribution in [0.5, 0.6) is 0 Å². The van der Waals surface area contributed by atoms with Crippen LogP contribution in [0.25, 0.3) is 10.9 Å². The van der Waals surface area contributed by atoms with Crippen molar-refractivity contribution < 1.29 is 32.9 Å². The molecule has 0 unspecified atom stereocenters. The minimum Gasteiger partial charge on any atom is -0.477 e. The molecule has 1 aliphatic heterocycles. The lowest BCUT2D eigenvalue weighted by molar-refractivity contribution is -1.09. The van der Waals surface area contributed by atoms with Gasteiger partial charge in [-0.05, 0) is 6.07 Å². The number of hydrogen-bond donors (Lipinski definition) is 2. The highest BCUT2D eigenvalue weighted by Gasteiger charge is 2.32. The summed E-state index contributed by atoms with van der Waals surface area (Å²) in [7, 11) is 1.58. The van der Waals surface area contributed by atoms with Crippen LogP contribution >= 0.6 is 0 Å². The van der Waals surface area contributed by atoms with E-state index < -0.39 is 40.7 Å². The van der Waals surface area contributed by atoms with Gasteiger partial charge < -0.3 is 14.6 Å². The zero-order valence-electron chi connectivity index (χ0n) is 14.6. The topological polar surface area (TPSA) is 82.8 Å². The van der Waals surface area contributed by atoms with Crippen LogP contribution in [-0.2, 0) is 6.54 Å². The van der Waals surface area contributed by atoms with Crippen molar-refractivity contribution in [1.29, 1.82) is 0 Å². The second-order valence-corrected chi connectivity index (χ2v) is 6.75. The van der Waals surface area contributed by atoms with Gasteiger partial charge in [-0.1, -0.05) is 0 Å². The van der Waals surface area contributed by atoms with Gasteiger partial charge in [0.2, 0.25) is 5.43 Å². The Morgan fingerprint density at radius 2 is 1.93 bits per heavy atom. The summed E-state index contributed by atoms with van der Waals surface area (Å²) in [5.41, 5.74) is -2.44. The largest absolute Gasteiger partial charge is 0.477 e. The SMILES string of the molecule is C[N+]1(O)CCN(c2c(F)cc3c(=O)c(C(=O)O)cn(CCF)c3c2F)CC1. The Labute approximate surface area is 152 Å². The molecule has 2 aromatic rings. The Bertz CT molecular complexity index is 964. The van der Waals surface area contributed by atoms with Crippen LogP contribution in [-0.4, -0.2) is 65.4 Å². The quantitative estimate of drug-likeness (QED) is 0.780. The first-order chi connectivity index (χ1) is 12.7. The van der Waals surface area contributed by atoms with Crippen molar-refractivity contribution in [3.8, 4) is 0 Å². The van der Waals surface area contributed by atoms with Gasteiger partial charge in [-0.25, -0.2) is 23.2 Å². The number of benzene rings is 1. The number of carboxylic acid groups (broad SMARTS) is 1. The second-order valence-electron chi connectivity index (χ2n) is 6.75. The number of carboxylic acids is 1. The Hall–Kier alpha value is -2.59. The van der Waals surface area contributed by atoms with Crippen LogP contribution in [0.15, 0.2) is 17.1 Å². The number of carbonyl (C=O) groups is 1. The number of halogens is 3. The molecule has 1 aromatic heterocycles. The lowest BCUT2D eigenvalue weighted by atomic mass is 10.1. The molecule has 0 spiro atoms. The minimum absolute atomic E-state index is 0.174. The highest BCUT2D eigenvalue weighted by atomic mass is 19.1. The molecule has 3 rings (SSSR count). The molecule has 146 valence electrons. The van der Waals surface area contributed by atoms with Gasteiger partial charge in [-0.15, -0.1) is 0 Å². The molecule has 2 heterocycles. The fourth-order valence-electron chi connectivity index (χ4n) is 3.31. The molecule has 1 aromatic carbocycles. The van der Waals surface area contributed by atoms with E-state index in [1.165, 1.54) is 4.90 Å². The van der Waals surface area contributed by atoms with Gasteiger partial charge in [0.1, 0.15) is 36.8 Å². The number of aromatic carboxylic acids is 1. The number of aromatic nitrogens is 1. The number of nitrogens with zero attached hydrogens (tertiary/aromatic N) is 3. The van der Waals surface area contributed by atoms with Crippen LogP contribution in [0, 0.1) is 11.6 Å². The van der Waals surface area contributed by atoms with Gasteiger partial charge in [0, 0.05) is 6.20 Å². The first-order valence-electron chi connectivity index (χ1n) is 8.33. The second kappa shape index (κ2) is 6.86. The maximum atomic E-state index is 15.2. The highest BCUT2D eigenvalue weighted by Crippen LogP contribution is 2.31. The maximum Gasteiger partial charge on any atom is 0.341 e. The summed E-state index contributed by atoms with van der Waals surface area (Å²) < 4.78 is 43.5. The van der Waals surface area contributed by atoms with Crippen molar-refractivity contribution in [3.63, 3.8) is 0 Å². The van der Waals surface area contributed by atoms with Crippen LogP contribution in [0.3, 0.4) is 0 Å². The van der Waals surface area contributed by atoms with Gasteiger partial charge in [0.25, 0.3) is 0 Å². The smallest absolute Gasteiger partial charge is 0.341 e. The van der Waals surface area contributed by atoms with Crippen LogP contribution in [0.1, 0.15) is 10.4 Å². The normalized spacial score (nSPS) is 16.7. The third-order valence-electron chi connectivity index (χ3n) is 4.80. The number of hydrogen-bond acceptors (Lipinski definition) is 4. The van der Waals surface area contributed by atoms with Crippen LogP contribution in [0.2, 0.25) is 0 Å². The fraction of sp³-hybridized carbons (Fsp3) is 0.412. The van der Waals surface area contributed by atoms with E-state index in [0.29, 0.717) is 0 Å². The van der Waals surface area contributed by atoms with E-state index in [4.69, 9.17) is 5.11 Å². The number of anilines is 1. The van der Waals surface area contributed by atoms with Crippen molar-refractivity contribution >= 4 is 22.6 Å². The van der Waals surface area contributed by atoms with Gasteiger partial charge in [-0.2, -0.15) is 4.65 Å². The summed E-state index contributed by atoms with van der Waals surface area (Å²) in [6.45, 7) is -0.476. The fourth-order valence-corrected chi connectivity index (χ4v) is 3.31. The van der Waals surface area contributed by atoms with Gasteiger partial charge >= 0.3 is 5.97 Å². The number of aryl methyl sites for hydroxylation is 1. The number of fused-ring (bicyclic) bond motifs is 1. The predicted octanol–water partition coefficient (Wildman–Crippen LogP) is 1.60. The molecule has 1 fully saturated rings. The molecule has 2 N–H and O–H groups in total. The van der Waals surface area contributed by atoms with E-state index in [1.54, 1.807) is 7.05 Å². The summed E-state index contributed by atoms with van der Waals surface area (Å²) in [5, 5.41) is 18.6. The zero-order chi connectivity index (χ0) is 19.9. The molecule has 0 aliphatic carbocycles. The number of rotatable bonds is 4. The summed E-state index contributed by atoms with van der Waals surface area (Å²) in [5.74, 6) is -3.63. The first-order valence-corrected chi connectivity index (χ1v) is 8.33. The third-order valence-corrected chi connectivity index (χ3v) is 4.80. The molecular formula is C17H19F3N3O4+. The van der Waals surface area contributed by atoms with Crippen molar-refractivity contribution in [1.82, 2.24) is 4.57 Å². The summed E-state index contributed by atoms with van der Waals surface area (Å²) in [6, 6.07) is 0.791. The predicted molar refractivity (Wildman–Crippen MR) is 91.0 cm³/mol. The summed E-state index contributed by atoms with van der Waals surface area (Å²) >= 11 is 0. The van der Waals surface area contributed by atoms with E-state index in [9.17, 15) is 23.6 Å². The lowest BCUT2D eigenvalue weighted by Gasteiger charge is -2.37. The van der Waals surface area contributed by atoms with E-state index in [0.717, 1.165) is 16.8 Å². The number of quaternary nitrogens is 1. The van der Waals surface area contributed by atoms with E-state index in [-0.39, 0.29) is 48.6 Å². The molecule has 0 amide bonds. The standard InChI is InChI=1S/C17H18F3N3O4/c1-23(27)6-4-21(5-7-23)15-12(19)8-10-14(13(15)20)22(3-2-18)9-11(16(10)24)17(25)26/h8-9,27H,2-7H2,1H3/p+1. The molecular weight excluding hydrogens is 367 g/mol. The molecule has 0 radical (unpaired) electrons. The van der Waals surface area contributed by atoms with Crippen molar-refractivity contribution in [2.45, 2.75) is 6.54 Å². The number of hydroxylamine groups is 3. The van der Waals surface area contributed by atoms with Crippen molar-refractivity contribution in [2.24, 2.45) is 0 Å². The zero-order valence-corrected chi connectivity index (χ0v) is 14.6. The van der Waals surface area contributed by atoms with Gasteiger partial charge in [-0.3, -0.25) is 4.79 Å². The summed E-state index contributed by atoms with van der Waals surface area (Å²) in [6.07, 6.45) is 0.870. The average Bonchev–Trinajstić information content (AvgIpc) is 2.58. The Morgan fingerprint density at radius 3 is 2.48 bits per heavy atom. The van der Waals surface area contributed by atoms with Crippen LogP contribution < -0.4 is 10.3 Å². The number of piperazine rings is 1. The minimum atomic E-state index is -1.56. The van der Waals surface area contributed by atoms with Gasteiger partial charge in [0.05, 0.1) is 37.6 Å². The van der Waals surface area contributed by atoms with E-state index in [2.05, 4.69) is 0 Å². The molecule has 27 heavy (non-hydrogen) atoms. The molecule has 7 nitrogen and oxygen atoms in total. The molecule has 0 saturated carbocycles. The van der Waals surface area contributed by atoms with Crippen molar-refractivity contribution in [2.75, 3.05) is 44.8 Å². The number of likely N-dealkylation sites (N-methyl/N-ethyl adjacent to an activating group) is 1. The van der Waals surface area contributed by atoms with Crippen molar-refractivity contribution in [3.05, 3.63) is 39.7 Å². The summed E-state index contributed by atoms with van der Waals surface area (Å²) in [4.78, 5) is 25.0. The molecule has 0 atom stereocenters. The Balaban J connectivity index is 2.24. The number of alkyl halides is 1. The Morgan fingerprint density at radius 1 is 1.30 bits per heavy atom. The maximum absolute atomic E-state index is 15.2. The monoisotopic (exact) mass is 386 g/mol.